The van der Waals surface area contributed by atoms with E-state index in [9.17, 15) is 0 Å². The molecule has 0 bridgehead atoms. The van der Waals surface area contributed by atoms with E-state index in [1.807, 2.05) is 60.7 Å². The fourth-order valence-electron chi connectivity index (χ4n) is 2.28. The number of benzene rings is 3. The summed E-state index contributed by atoms with van der Waals surface area (Å²) in [7, 11) is 0. The number of halogens is 3. The highest BCUT2D eigenvalue weighted by Crippen LogP contribution is 2.45. The molecule has 5 heteroatoms. The van der Waals surface area contributed by atoms with Crippen molar-refractivity contribution in [3.05, 3.63) is 92.9 Å². The molecule has 0 unspecified atom stereocenters. The first-order valence-corrected chi connectivity index (χ1v) is 8.79. The Hall–Kier alpha value is -1.87. The third-order valence-electron chi connectivity index (χ3n) is 3.54. The van der Waals surface area contributed by atoms with Crippen LogP contribution in [0.2, 0.25) is 15.1 Å². The van der Waals surface area contributed by atoms with Crippen LogP contribution in [0, 0.1) is 0 Å². The molecule has 0 aliphatic carbocycles. The van der Waals surface area contributed by atoms with Crippen LogP contribution in [0.3, 0.4) is 0 Å². The molecule has 0 amide bonds. The first-order valence-electron chi connectivity index (χ1n) is 7.66. The predicted molar refractivity (Wildman–Crippen MR) is 103 cm³/mol. The summed E-state index contributed by atoms with van der Waals surface area (Å²) in [6.45, 7) is 0.695. The first kappa shape index (κ1) is 17.9. The van der Waals surface area contributed by atoms with Gasteiger partial charge in [0.1, 0.15) is 18.2 Å². The zero-order valence-corrected chi connectivity index (χ0v) is 15.5. The highest BCUT2D eigenvalue weighted by atomic mass is 35.5. The van der Waals surface area contributed by atoms with Crippen molar-refractivity contribution in [1.82, 2.24) is 0 Å². The van der Waals surface area contributed by atoms with Crippen LogP contribution in [0.5, 0.6) is 11.5 Å². The van der Waals surface area contributed by atoms with E-state index < -0.39 is 0 Å². The van der Waals surface area contributed by atoms with E-state index in [-0.39, 0.29) is 5.02 Å². The zero-order chi connectivity index (χ0) is 17.6. The van der Waals surface area contributed by atoms with Crippen molar-refractivity contribution in [2.45, 2.75) is 13.2 Å². The van der Waals surface area contributed by atoms with Gasteiger partial charge < -0.3 is 9.47 Å². The maximum Gasteiger partial charge on any atom is 0.160 e. The van der Waals surface area contributed by atoms with Gasteiger partial charge >= 0.3 is 0 Å². The normalized spacial score (nSPS) is 10.5. The molecule has 0 aromatic heterocycles. The fraction of sp³-hybridized carbons (Fsp3) is 0.100. The Labute approximate surface area is 161 Å². The highest BCUT2D eigenvalue weighted by Gasteiger charge is 2.18. The number of ether oxygens (including phenoxy) is 2. The maximum atomic E-state index is 6.43. The molecule has 128 valence electrons. The van der Waals surface area contributed by atoms with Gasteiger partial charge in [-0.25, -0.2) is 0 Å². The summed E-state index contributed by atoms with van der Waals surface area (Å²) in [6.07, 6.45) is 0. The molecular weight excluding hydrogens is 379 g/mol. The van der Waals surface area contributed by atoms with Gasteiger partial charge in [-0.2, -0.15) is 0 Å². The predicted octanol–water partition coefficient (Wildman–Crippen LogP) is 6.80. The summed E-state index contributed by atoms with van der Waals surface area (Å²) in [5.41, 5.74) is 2.02. The molecule has 3 aromatic rings. The molecule has 0 saturated heterocycles. The standard InChI is InChI=1S/C20H15Cl3O2/c21-16-11-17(22)20(25-13-15-9-5-2-6-10-15)18(23)19(16)24-12-14-7-3-1-4-8-14/h1-11H,12-13H2. The Balaban J connectivity index is 1.79. The van der Waals surface area contributed by atoms with Gasteiger partial charge in [0.15, 0.2) is 11.5 Å². The molecule has 0 heterocycles. The molecule has 25 heavy (non-hydrogen) atoms. The van der Waals surface area contributed by atoms with Crippen LogP contribution in [-0.4, -0.2) is 0 Å². The van der Waals surface area contributed by atoms with Gasteiger partial charge in [-0.05, 0) is 17.2 Å². The van der Waals surface area contributed by atoms with E-state index in [4.69, 9.17) is 44.3 Å². The molecule has 0 radical (unpaired) electrons. The Morgan fingerprint density at radius 2 is 1.00 bits per heavy atom. The summed E-state index contributed by atoms with van der Waals surface area (Å²) in [5.74, 6) is 0.722. The largest absolute Gasteiger partial charge is 0.486 e. The summed E-state index contributed by atoms with van der Waals surface area (Å²) in [6, 6.07) is 21.1. The molecule has 3 aromatic carbocycles. The number of rotatable bonds is 6. The number of hydrogen-bond donors (Lipinski definition) is 0. The van der Waals surface area contributed by atoms with Crippen LogP contribution in [0.1, 0.15) is 11.1 Å². The lowest BCUT2D eigenvalue weighted by Crippen LogP contribution is -2.00. The topological polar surface area (TPSA) is 18.5 Å². The maximum absolute atomic E-state index is 6.43. The SMILES string of the molecule is Clc1cc(Cl)c(OCc2ccccc2)c(Cl)c1OCc1ccccc1. The third-order valence-corrected chi connectivity index (χ3v) is 4.44. The highest BCUT2D eigenvalue weighted by molar-refractivity contribution is 6.42. The Morgan fingerprint density at radius 1 is 0.600 bits per heavy atom. The van der Waals surface area contributed by atoms with Crippen molar-refractivity contribution in [1.29, 1.82) is 0 Å². The van der Waals surface area contributed by atoms with Crippen molar-refractivity contribution >= 4 is 34.8 Å². The van der Waals surface area contributed by atoms with Gasteiger partial charge in [0, 0.05) is 0 Å². The number of hydrogen-bond acceptors (Lipinski definition) is 2. The van der Waals surface area contributed by atoms with Gasteiger partial charge in [0.25, 0.3) is 0 Å². The first-order chi connectivity index (χ1) is 12.1. The lowest BCUT2D eigenvalue weighted by atomic mass is 10.2. The minimum Gasteiger partial charge on any atom is -0.486 e. The molecule has 3 rings (SSSR count). The Morgan fingerprint density at radius 3 is 1.40 bits per heavy atom. The Bertz CT molecular complexity index is 769. The average molecular weight is 394 g/mol. The summed E-state index contributed by atoms with van der Waals surface area (Å²) in [4.78, 5) is 0. The van der Waals surface area contributed by atoms with E-state index >= 15 is 0 Å². The average Bonchev–Trinajstić information content (AvgIpc) is 2.63. The monoisotopic (exact) mass is 392 g/mol. The van der Waals surface area contributed by atoms with E-state index in [0.717, 1.165) is 11.1 Å². The second-order valence-corrected chi connectivity index (χ2v) is 6.55. The van der Waals surface area contributed by atoms with Crippen LogP contribution in [0.4, 0.5) is 0 Å². The van der Waals surface area contributed by atoms with Crippen molar-refractivity contribution in [2.75, 3.05) is 0 Å². The summed E-state index contributed by atoms with van der Waals surface area (Å²) < 4.78 is 11.6. The van der Waals surface area contributed by atoms with Gasteiger partial charge in [0.2, 0.25) is 0 Å². The van der Waals surface area contributed by atoms with E-state index in [0.29, 0.717) is 34.8 Å². The lowest BCUT2D eigenvalue weighted by Gasteiger charge is -2.15. The molecular formula is C20H15Cl3O2. The summed E-state index contributed by atoms with van der Waals surface area (Å²) >= 11 is 18.9. The second-order valence-electron chi connectivity index (χ2n) is 5.36. The smallest absolute Gasteiger partial charge is 0.160 e. The fourth-order valence-corrected chi connectivity index (χ4v) is 3.26. The minimum atomic E-state index is 0.268. The quantitative estimate of drug-likeness (QED) is 0.458. The van der Waals surface area contributed by atoms with Crippen LogP contribution in [0.15, 0.2) is 66.7 Å². The van der Waals surface area contributed by atoms with Crippen molar-refractivity contribution < 1.29 is 9.47 Å². The van der Waals surface area contributed by atoms with Gasteiger partial charge in [0.05, 0.1) is 10.0 Å². The third kappa shape index (κ3) is 4.60. The molecule has 0 spiro atoms. The molecule has 2 nitrogen and oxygen atoms in total. The summed E-state index contributed by atoms with van der Waals surface area (Å²) in [5, 5.41) is 0.959. The zero-order valence-electron chi connectivity index (χ0n) is 13.2. The molecule has 0 aliphatic rings. The molecule has 0 atom stereocenters. The van der Waals surface area contributed by atoms with E-state index in [2.05, 4.69) is 0 Å². The lowest BCUT2D eigenvalue weighted by molar-refractivity contribution is 0.290. The van der Waals surface area contributed by atoms with Gasteiger partial charge in [-0.1, -0.05) is 95.5 Å². The second kappa shape index (κ2) is 8.48. The molecule has 0 aliphatic heterocycles. The van der Waals surface area contributed by atoms with Crippen molar-refractivity contribution in [3.63, 3.8) is 0 Å². The van der Waals surface area contributed by atoms with Gasteiger partial charge in [-0.3, -0.25) is 0 Å². The Kier molecular flexibility index (Phi) is 6.09. The molecule has 0 fully saturated rings. The van der Waals surface area contributed by atoms with E-state index in [1.165, 1.54) is 0 Å². The van der Waals surface area contributed by atoms with Crippen LogP contribution < -0.4 is 9.47 Å². The van der Waals surface area contributed by atoms with Crippen molar-refractivity contribution in [3.8, 4) is 11.5 Å². The van der Waals surface area contributed by atoms with Crippen LogP contribution in [-0.2, 0) is 13.2 Å². The molecule has 0 N–H and O–H groups in total. The van der Waals surface area contributed by atoms with Gasteiger partial charge in [-0.15, -0.1) is 0 Å². The molecule has 0 saturated carbocycles. The van der Waals surface area contributed by atoms with Crippen LogP contribution >= 0.6 is 34.8 Å². The van der Waals surface area contributed by atoms with Crippen LogP contribution in [0.25, 0.3) is 0 Å². The van der Waals surface area contributed by atoms with E-state index in [1.54, 1.807) is 6.07 Å². The van der Waals surface area contributed by atoms with Crippen molar-refractivity contribution in [2.24, 2.45) is 0 Å². The minimum absolute atomic E-state index is 0.268.